The van der Waals surface area contributed by atoms with Gasteiger partial charge in [0.05, 0.1) is 13.0 Å². The summed E-state index contributed by atoms with van der Waals surface area (Å²) in [5.74, 6) is -1.39. The van der Waals surface area contributed by atoms with Crippen molar-refractivity contribution >= 4 is 17.6 Å². The molecular weight excluding hydrogens is 356 g/mol. The highest BCUT2D eigenvalue weighted by molar-refractivity contribution is 6.30. The zero-order valence-electron chi connectivity index (χ0n) is 14.6. The number of hydrogen-bond donors (Lipinski definition) is 1. The van der Waals surface area contributed by atoms with E-state index in [1.54, 1.807) is 24.3 Å². The van der Waals surface area contributed by atoms with Crippen LogP contribution < -0.4 is 0 Å². The Bertz CT molecular complexity index is 695. The molecule has 2 unspecified atom stereocenters. The first-order chi connectivity index (χ1) is 12.6. The Labute approximate surface area is 158 Å². The van der Waals surface area contributed by atoms with Gasteiger partial charge in [-0.05, 0) is 43.0 Å². The van der Waals surface area contributed by atoms with E-state index >= 15 is 0 Å². The lowest BCUT2D eigenvalue weighted by Gasteiger charge is -2.43. The third-order valence-electron chi connectivity index (χ3n) is 4.79. The summed E-state index contributed by atoms with van der Waals surface area (Å²) in [7, 11) is 1.25. The molecule has 1 aliphatic carbocycles. The fraction of sp³-hybridized carbons (Fsp3) is 0.450. The zero-order chi connectivity index (χ0) is 18.6. The Balaban J connectivity index is 2.04. The van der Waals surface area contributed by atoms with Crippen LogP contribution in [0.4, 0.5) is 0 Å². The molecule has 0 amide bonds. The largest absolute Gasteiger partial charge is 0.467 e. The van der Waals surface area contributed by atoms with E-state index < -0.39 is 29.9 Å². The van der Waals surface area contributed by atoms with E-state index in [4.69, 9.17) is 25.8 Å². The predicted octanol–water partition coefficient (Wildman–Crippen LogP) is 3.35. The first-order valence-electron chi connectivity index (χ1n) is 8.74. The van der Waals surface area contributed by atoms with Crippen LogP contribution >= 0.6 is 11.6 Å². The van der Waals surface area contributed by atoms with Crippen molar-refractivity contribution in [2.75, 3.05) is 13.7 Å². The molecule has 1 aromatic carbocycles. The van der Waals surface area contributed by atoms with Gasteiger partial charge in [-0.3, -0.25) is 0 Å². The van der Waals surface area contributed by atoms with Crippen molar-refractivity contribution in [1.82, 2.24) is 0 Å². The summed E-state index contributed by atoms with van der Waals surface area (Å²) in [6.07, 6.45) is 8.15. The fourth-order valence-electron chi connectivity index (χ4n) is 3.47. The molecule has 1 fully saturated rings. The van der Waals surface area contributed by atoms with Gasteiger partial charge in [-0.15, -0.1) is 0 Å². The molecule has 1 heterocycles. The van der Waals surface area contributed by atoms with Crippen molar-refractivity contribution in [3.63, 3.8) is 0 Å². The molecule has 0 spiro atoms. The highest BCUT2D eigenvalue weighted by atomic mass is 35.5. The molecule has 2 aliphatic rings. The van der Waals surface area contributed by atoms with Gasteiger partial charge in [0.25, 0.3) is 0 Å². The number of aliphatic hydroxyl groups is 1. The molecular formula is C20H23ClO5. The van der Waals surface area contributed by atoms with Crippen LogP contribution in [0, 0.1) is 5.92 Å². The number of ether oxygens (including phenoxy) is 3. The van der Waals surface area contributed by atoms with Crippen molar-refractivity contribution in [3.8, 4) is 0 Å². The minimum absolute atomic E-state index is 0.425. The first kappa shape index (κ1) is 19.1. The molecule has 0 aromatic heterocycles. The lowest BCUT2D eigenvalue weighted by atomic mass is 9.75. The fourth-order valence-corrected chi connectivity index (χ4v) is 3.66. The van der Waals surface area contributed by atoms with Crippen LogP contribution in [0.1, 0.15) is 24.8 Å². The van der Waals surface area contributed by atoms with Crippen LogP contribution in [0.25, 0.3) is 0 Å². The molecule has 6 heteroatoms. The number of hydrogen-bond acceptors (Lipinski definition) is 5. The number of carbonyl (C=O) groups is 1. The van der Waals surface area contributed by atoms with E-state index in [0.29, 0.717) is 11.6 Å². The Morgan fingerprint density at radius 3 is 2.92 bits per heavy atom. The van der Waals surface area contributed by atoms with Gasteiger partial charge in [0.15, 0.2) is 12.4 Å². The van der Waals surface area contributed by atoms with Crippen LogP contribution in [-0.4, -0.2) is 37.2 Å². The van der Waals surface area contributed by atoms with Crippen LogP contribution in [-0.2, 0) is 24.6 Å². The molecule has 0 radical (unpaired) electrons. The maximum Gasteiger partial charge on any atom is 0.335 e. The van der Waals surface area contributed by atoms with Gasteiger partial charge in [-0.1, -0.05) is 42.0 Å². The molecule has 1 N–H and O–H groups in total. The van der Waals surface area contributed by atoms with Crippen LogP contribution in [0.5, 0.6) is 0 Å². The monoisotopic (exact) mass is 378 g/mol. The number of esters is 1. The third-order valence-corrected chi connectivity index (χ3v) is 5.03. The van der Waals surface area contributed by atoms with Gasteiger partial charge in [-0.25, -0.2) is 4.79 Å². The summed E-state index contributed by atoms with van der Waals surface area (Å²) >= 11 is 6.20. The Kier molecular flexibility index (Phi) is 6.14. The Hall–Kier alpha value is -1.66. The summed E-state index contributed by atoms with van der Waals surface area (Å²) in [5.41, 5.74) is -0.345. The molecule has 140 valence electrons. The van der Waals surface area contributed by atoms with Crippen LogP contribution in [0.3, 0.4) is 0 Å². The minimum atomic E-state index is -1.39. The summed E-state index contributed by atoms with van der Waals surface area (Å²) in [4.78, 5) is 12.0. The van der Waals surface area contributed by atoms with Crippen molar-refractivity contribution in [2.45, 2.75) is 37.3 Å². The highest BCUT2D eigenvalue weighted by Gasteiger charge is 2.47. The Morgan fingerprint density at radius 2 is 2.23 bits per heavy atom. The maximum absolute atomic E-state index is 12.0. The predicted molar refractivity (Wildman–Crippen MR) is 97.6 cm³/mol. The number of aliphatic hydroxyl groups excluding tert-OH is 1. The van der Waals surface area contributed by atoms with E-state index in [1.807, 2.05) is 24.3 Å². The van der Waals surface area contributed by atoms with E-state index in [1.165, 1.54) is 7.11 Å². The van der Waals surface area contributed by atoms with Crippen LogP contribution in [0.2, 0.25) is 5.02 Å². The van der Waals surface area contributed by atoms with Crippen molar-refractivity contribution in [3.05, 3.63) is 59.2 Å². The number of rotatable bonds is 5. The molecule has 4 atom stereocenters. The van der Waals surface area contributed by atoms with Gasteiger partial charge >= 0.3 is 5.97 Å². The Morgan fingerprint density at radius 1 is 1.38 bits per heavy atom. The molecule has 1 aliphatic heterocycles. The number of benzene rings is 1. The normalized spacial score (nSPS) is 29.3. The average molecular weight is 379 g/mol. The molecule has 26 heavy (non-hydrogen) atoms. The number of allylic oxidation sites excluding steroid dienone is 2. The standard InChI is InChI=1S/C20H23ClO5/c1-24-19(23)18(22)16-9-2-4-11-20(16,14-7-6-8-15(21)13-14)26-17-10-3-5-12-25-17/h2,4,6-9,11,13,16-18,22H,3,5,10,12H2,1H3/t16-,17?,18+,20?/m0/s1. The lowest BCUT2D eigenvalue weighted by Crippen LogP contribution is -2.48. The van der Waals surface area contributed by atoms with E-state index in [9.17, 15) is 9.90 Å². The smallest absolute Gasteiger partial charge is 0.335 e. The summed E-state index contributed by atoms with van der Waals surface area (Å²) in [6, 6.07) is 7.24. The van der Waals surface area contributed by atoms with E-state index in [2.05, 4.69) is 0 Å². The minimum Gasteiger partial charge on any atom is -0.467 e. The zero-order valence-corrected chi connectivity index (χ0v) is 15.4. The molecule has 5 nitrogen and oxygen atoms in total. The van der Waals surface area contributed by atoms with Crippen molar-refractivity contribution in [1.29, 1.82) is 0 Å². The number of halogens is 1. The number of carbonyl (C=O) groups excluding carboxylic acids is 1. The third kappa shape index (κ3) is 3.86. The molecule has 3 rings (SSSR count). The second kappa shape index (κ2) is 8.35. The second-order valence-electron chi connectivity index (χ2n) is 6.46. The first-order valence-corrected chi connectivity index (χ1v) is 9.12. The van der Waals surface area contributed by atoms with Gasteiger partial charge in [-0.2, -0.15) is 0 Å². The van der Waals surface area contributed by atoms with Gasteiger partial charge < -0.3 is 19.3 Å². The van der Waals surface area contributed by atoms with Crippen molar-refractivity contribution < 1.29 is 24.1 Å². The second-order valence-corrected chi connectivity index (χ2v) is 6.89. The highest BCUT2D eigenvalue weighted by Crippen LogP contribution is 2.43. The van der Waals surface area contributed by atoms with Gasteiger partial charge in [0.2, 0.25) is 0 Å². The summed E-state index contributed by atoms with van der Waals surface area (Å²) in [5, 5.41) is 11.2. The summed E-state index contributed by atoms with van der Waals surface area (Å²) in [6.45, 7) is 0.625. The maximum atomic E-state index is 12.0. The topological polar surface area (TPSA) is 65.0 Å². The van der Waals surface area contributed by atoms with Crippen molar-refractivity contribution in [2.24, 2.45) is 5.92 Å². The SMILES string of the molecule is COC(=O)[C@H](O)[C@@H]1C=CC=CC1(OC1CCCCO1)c1cccc(Cl)c1. The van der Waals surface area contributed by atoms with E-state index in [0.717, 1.165) is 24.8 Å². The average Bonchev–Trinajstić information content (AvgIpc) is 2.68. The quantitative estimate of drug-likeness (QED) is 0.796. The van der Waals surface area contributed by atoms with E-state index in [-0.39, 0.29) is 0 Å². The lowest BCUT2D eigenvalue weighted by molar-refractivity contribution is -0.233. The van der Waals surface area contributed by atoms with Crippen LogP contribution in [0.15, 0.2) is 48.6 Å². The molecule has 0 saturated carbocycles. The molecule has 1 saturated heterocycles. The molecule has 1 aromatic rings. The number of methoxy groups -OCH3 is 1. The summed E-state index contributed by atoms with van der Waals surface area (Å²) < 4.78 is 16.9. The van der Waals surface area contributed by atoms with Gasteiger partial charge in [0, 0.05) is 11.6 Å². The molecule has 0 bridgehead atoms. The van der Waals surface area contributed by atoms with Gasteiger partial charge in [0.1, 0.15) is 5.60 Å².